The van der Waals surface area contributed by atoms with E-state index in [9.17, 15) is 9.59 Å². The minimum Gasteiger partial charge on any atom is -0.482 e. The van der Waals surface area contributed by atoms with Gasteiger partial charge in [-0.25, -0.2) is 0 Å². The van der Waals surface area contributed by atoms with Gasteiger partial charge in [0.25, 0.3) is 5.91 Å². The highest BCUT2D eigenvalue weighted by molar-refractivity contribution is 5.95. The number of benzene rings is 1. The van der Waals surface area contributed by atoms with Crippen LogP contribution < -0.4 is 15.4 Å². The lowest BCUT2D eigenvalue weighted by molar-refractivity contribution is -0.143. The third-order valence-corrected chi connectivity index (χ3v) is 2.95. The molecular formula is C13H16N2O4. The van der Waals surface area contributed by atoms with Crippen molar-refractivity contribution in [2.24, 2.45) is 0 Å². The summed E-state index contributed by atoms with van der Waals surface area (Å²) < 4.78 is 5.25. The Morgan fingerprint density at radius 1 is 1.53 bits per heavy atom. The van der Waals surface area contributed by atoms with Crippen LogP contribution in [0.1, 0.15) is 19.4 Å². The molecule has 6 nitrogen and oxygen atoms in total. The molecule has 0 fully saturated rings. The second-order valence-electron chi connectivity index (χ2n) is 4.95. The molecule has 0 radical (unpaired) electrons. The van der Waals surface area contributed by atoms with Crippen LogP contribution in [0.25, 0.3) is 0 Å². The van der Waals surface area contributed by atoms with E-state index in [1.165, 1.54) is 0 Å². The van der Waals surface area contributed by atoms with Crippen LogP contribution in [0.15, 0.2) is 18.2 Å². The predicted molar refractivity (Wildman–Crippen MR) is 69.1 cm³/mol. The molecule has 1 aliphatic heterocycles. The Morgan fingerprint density at radius 2 is 2.26 bits per heavy atom. The van der Waals surface area contributed by atoms with Gasteiger partial charge < -0.3 is 15.2 Å². The number of carboxylic acid groups (broad SMARTS) is 1. The summed E-state index contributed by atoms with van der Waals surface area (Å²) in [4.78, 5) is 22.2. The van der Waals surface area contributed by atoms with Crippen LogP contribution in [0, 0.1) is 0 Å². The number of fused-ring (bicyclic) bond motifs is 1. The van der Waals surface area contributed by atoms with E-state index >= 15 is 0 Å². The summed E-state index contributed by atoms with van der Waals surface area (Å²) >= 11 is 0. The van der Waals surface area contributed by atoms with Crippen LogP contribution in [-0.2, 0) is 16.1 Å². The van der Waals surface area contributed by atoms with E-state index in [1.807, 2.05) is 6.07 Å². The van der Waals surface area contributed by atoms with Crippen LogP contribution >= 0.6 is 0 Å². The highest BCUT2D eigenvalue weighted by atomic mass is 16.5. The van der Waals surface area contributed by atoms with Crippen molar-refractivity contribution >= 4 is 17.6 Å². The van der Waals surface area contributed by atoms with Gasteiger partial charge in [-0.15, -0.1) is 0 Å². The molecule has 1 amide bonds. The van der Waals surface area contributed by atoms with Gasteiger partial charge in [-0.05, 0) is 31.5 Å². The summed E-state index contributed by atoms with van der Waals surface area (Å²) in [6.45, 7) is 3.61. The molecule has 6 heteroatoms. The van der Waals surface area contributed by atoms with Gasteiger partial charge >= 0.3 is 5.97 Å². The first-order valence-electron chi connectivity index (χ1n) is 5.92. The van der Waals surface area contributed by atoms with E-state index in [0.717, 1.165) is 5.56 Å². The van der Waals surface area contributed by atoms with Gasteiger partial charge in [0.15, 0.2) is 6.61 Å². The fourth-order valence-electron chi connectivity index (χ4n) is 1.64. The zero-order valence-electron chi connectivity index (χ0n) is 10.8. The molecule has 0 saturated heterocycles. The average molecular weight is 264 g/mol. The summed E-state index contributed by atoms with van der Waals surface area (Å²) in [5.74, 6) is -0.480. The molecule has 1 heterocycles. The summed E-state index contributed by atoms with van der Waals surface area (Å²) in [6, 6.07) is 5.37. The van der Waals surface area contributed by atoms with Crippen LogP contribution in [0.3, 0.4) is 0 Å². The molecule has 1 aliphatic rings. The first kappa shape index (κ1) is 13.4. The maximum Gasteiger partial charge on any atom is 0.323 e. The van der Waals surface area contributed by atoms with Crippen LogP contribution in [0.5, 0.6) is 5.75 Å². The number of aliphatic carboxylic acids is 1. The molecule has 2 rings (SSSR count). The maximum absolute atomic E-state index is 11.2. The highest BCUT2D eigenvalue weighted by Gasteiger charge is 2.26. The lowest BCUT2D eigenvalue weighted by atomic mass is 10.1. The molecule has 0 bridgehead atoms. The molecule has 0 saturated carbocycles. The zero-order valence-corrected chi connectivity index (χ0v) is 10.8. The molecule has 0 aromatic heterocycles. The van der Waals surface area contributed by atoms with Crippen molar-refractivity contribution in [1.29, 1.82) is 0 Å². The number of nitrogens with one attached hydrogen (secondary N) is 2. The van der Waals surface area contributed by atoms with E-state index < -0.39 is 11.5 Å². The number of anilines is 1. The molecule has 19 heavy (non-hydrogen) atoms. The zero-order chi connectivity index (χ0) is 14.0. The number of rotatable bonds is 4. The molecular weight excluding hydrogens is 248 g/mol. The van der Waals surface area contributed by atoms with Crippen molar-refractivity contribution in [3.63, 3.8) is 0 Å². The highest BCUT2D eigenvalue weighted by Crippen LogP contribution is 2.28. The second kappa shape index (κ2) is 4.89. The van der Waals surface area contributed by atoms with Crippen molar-refractivity contribution in [3.05, 3.63) is 23.8 Å². The van der Waals surface area contributed by atoms with Gasteiger partial charge in [-0.1, -0.05) is 6.07 Å². The topological polar surface area (TPSA) is 87.7 Å². The summed E-state index contributed by atoms with van der Waals surface area (Å²) in [7, 11) is 0. The fraction of sp³-hybridized carbons (Fsp3) is 0.385. The number of amides is 1. The Morgan fingerprint density at radius 3 is 2.95 bits per heavy atom. The number of carboxylic acids is 1. The molecule has 0 aliphatic carbocycles. The lowest BCUT2D eigenvalue weighted by Crippen LogP contribution is -2.46. The average Bonchev–Trinajstić information content (AvgIpc) is 2.35. The molecule has 102 valence electrons. The van der Waals surface area contributed by atoms with Crippen LogP contribution in [0.2, 0.25) is 0 Å². The quantitative estimate of drug-likeness (QED) is 0.754. The van der Waals surface area contributed by atoms with Gasteiger partial charge in [0.2, 0.25) is 0 Å². The van der Waals surface area contributed by atoms with Gasteiger partial charge in [-0.3, -0.25) is 14.9 Å². The Hall–Kier alpha value is -2.08. The second-order valence-corrected chi connectivity index (χ2v) is 4.95. The SMILES string of the molecule is CC(C)(NCc1ccc2c(c1)NC(=O)CO2)C(=O)O. The van der Waals surface area contributed by atoms with Gasteiger partial charge in [0.1, 0.15) is 11.3 Å². The third kappa shape index (κ3) is 3.03. The van der Waals surface area contributed by atoms with E-state index in [2.05, 4.69) is 10.6 Å². The molecule has 0 unspecified atom stereocenters. The number of carbonyl (C=O) groups is 2. The molecule has 1 aromatic carbocycles. The number of ether oxygens (including phenoxy) is 1. The van der Waals surface area contributed by atoms with Crippen molar-refractivity contribution in [3.8, 4) is 5.75 Å². The fourth-order valence-corrected chi connectivity index (χ4v) is 1.64. The minimum absolute atomic E-state index is 0.0244. The smallest absolute Gasteiger partial charge is 0.323 e. The Bertz CT molecular complexity index is 525. The first-order chi connectivity index (χ1) is 8.88. The number of hydrogen-bond acceptors (Lipinski definition) is 4. The Kier molecular flexibility index (Phi) is 3.44. The molecule has 0 spiro atoms. The Balaban J connectivity index is 2.08. The largest absolute Gasteiger partial charge is 0.482 e. The normalized spacial score (nSPS) is 14.3. The van der Waals surface area contributed by atoms with Gasteiger partial charge in [-0.2, -0.15) is 0 Å². The predicted octanol–water partition coefficient (Wildman–Crippen LogP) is 0.970. The third-order valence-electron chi connectivity index (χ3n) is 2.95. The van der Waals surface area contributed by atoms with Crippen molar-refractivity contribution < 1.29 is 19.4 Å². The maximum atomic E-state index is 11.2. The van der Waals surface area contributed by atoms with E-state index in [0.29, 0.717) is 18.0 Å². The first-order valence-corrected chi connectivity index (χ1v) is 5.92. The molecule has 1 aromatic rings. The number of carbonyl (C=O) groups excluding carboxylic acids is 1. The van der Waals surface area contributed by atoms with Crippen molar-refractivity contribution in [1.82, 2.24) is 5.32 Å². The molecule has 3 N–H and O–H groups in total. The van der Waals surface area contributed by atoms with Crippen LogP contribution in [0.4, 0.5) is 5.69 Å². The summed E-state index contributed by atoms with van der Waals surface area (Å²) in [5, 5.41) is 14.7. The van der Waals surface area contributed by atoms with E-state index in [1.54, 1.807) is 26.0 Å². The van der Waals surface area contributed by atoms with Gasteiger partial charge in [0, 0.05) is 6.54 Å². The standard InChI is InChI=1S/C13H16N2O4/c1-13(2,12(17)18)14-6-8-3-4-10-9(5-8)15-11(16)7-19-10/h3-5,14H,6-7H2,1-2H3,(H,15,16)(H,17,18). The van der Waals surface area contributed by atoms with Crippen molar-refractivity contribution in [2.75, 3.05) is 11.9 Å². The van der Waals surface area contributed by atoms with Gasteiger partial charge in [0.05, 0.1) is 5.69 Å². The van der Waals surface area contributed by atoms with Crippen LogP contribution in [-0.4, -0.2) is 29.1 Å². The minimum atomic E-state index is -1.00. The van der Waals surface area contributed by atoms with Crippen molar-refractivity contribution in [2.45, 2.75) is 25.9 Å². The summed E-state index contributed by atoms with van der Waals surface area (Å²) in [6.07, 6.45) is 0. The summed E-state index contributed by atoms with van der Waals surface area (Å²) in [5.41, 5.74) is 0.484. The van der Waals surface area contributed by atoms with E-state index in [4.69, 9.17) is 9.84 Å². The van der Waals surface area contributed by atoms with E-state index in [-0.39, 0.29) is 12.5 Å². The lowest BCUT2D eigenvalue weighted by Gasteiger charge is -2.22. The number of hydrogen-bond donors (Lipinski definition) is 3. The molecule has 0 atom stereocenters. The monoisotopic (exact) mass is 264 g/mol. The Labute approximate surface area is 110 Å².